The zero-order chi connectivity index (χ0) is 9.97. The number of aryl methyl sites for hydroxylation is 1. The molecule has 0 radical (unpaired) electrons. The first-order valence-electron chi connectivity index (χ1n) is 4.85. The first kappa shape index (κ1) is 9.00. The summed E-state index contributed by atoms with van der Waals surface area (Å²) >= 11 is 0. The van der Waals surface area contributed by atoms with Gasteiger partial charge in [-0.3, -0.25) is 4.98 Å². The minimum atomic E-state index is 0.386. The molecule has 1 aromatic rings. The van der Waals surface area contributed by atoms with Crippen LogP contribution in [0.5, 0.6) is 0 Å². The number of allylic oxidation sites excluding steroid dienone is 2. The van der Waals surface area contributed by atoms with Crippen molar-refractivity contribution in [3.63, 3.8) is 0 Å². The highest BCUT2D eigenvalue weighted by molar-refractivity contribution is 5.64. The van der Waals surface area contributed by atoms with Crippen LogP contribution < -0.4 is 5.32 Å². The van der Waals surface area contributed by atoms with Gasteiger partial charge in [-0.1, -0.05) is 18.2 Å². The zero-order valence-electron chi connectivity index (χ0n) is 8.49. The van der Waals surface area contributed by atoms with Gasteiger partial charge in [-0.15, -0.1) is 0 Å². The van der Waals surface area contributed by atoms with Crippen LogP contribution in [0.2, 0.25) is 0 Å². The number of nitrogens with one attached hydrogen (secondary N) is 1. The maximum Gasteiger partial charge on any atom is 0.0864 e. The van der Waals surface area contributed by atoms with Gasteiger partial charge < -0.3 is 5.32 Å². The summed E-state index contributed by atoms with van der Waals surface area (Å²) in [6.07, 6.45) is 6.25. The summed E-state index contributed by atoms with van der Waals surface area (Å²) in [5, 5.41) is 3.37. The van der Waals surface area contributed by atoms with Gasteiger partial charge in [-0.25, -0.2) is 0 Å². The molecule has 2 nitrogen and oxygen atoms in total. The first-order chi connectivity index (χ1) is 6.75. The average Bonchev–Trinajstić information content (AvgIpc) is 2.18. The Bertz CT molecular complexity index is 391. The van der Waals surface area contributed by atoms with E-state index in [0.29, 0.717) is 6.04 Å². The summed E-state index contributed by atoms with van der Waals surface area (Å²) in [7, 11) is 0. The predicted molar refractivity (Wildman–Crippen MR) is 58.7 cm³/mol. The lowest BCUT2D eigenvalue weighted by Crippen LogP contribution is -2.24. The Morgan fingerprint density at radius 1 is 1.36 bits per heavy atom. The molecule has 0 unspecified atom stereocenters. The number of dihydropyridines is 1. The molecule has 14 heavy (non-hydrogen) atoms. The minimum Gasteiger partial charge on any atom is -0.377 e. The molecule has 0 amide bonds. The van der Waals surface area contributed by atoms with E-state index in [2.05, 4.69) is 35.5 Å². The van der Waals surface area contributed by atoms with Crippen LogP contribution in [-0.2, 0) is 0 Å². The van der Waals surface area contributed by atoms with Crippen LogP contribution in [-0.4, -0.2) is 11.0 Å². The Morgan fingerprint density at radius 3 is 2.93 bits per heavy atom. The summed E-state index contributed by atoms with van der Waals surface area (Å²) < 4.78 is 0. The lowest BCUT2D eigenvalue weighted by atomic mass is 10.1. The molecule has 1 aromatic heterocycles. The summed E-state index contributed by atoms with van der Waals surface area (Å²) in [5.41, 5.74) is 3.16. The molecule has 0 saturated heterocycles. The molecule has 0 saturated carbocycles. The number of hydrogen-bond donors (Lipinski definition) is 1. The van der Waals surface area contributed by atoms with Crippen molar-refractivity contribution in [1.29, 1.82) is 0 Å². The molecule has 0 bridgehead atoms. The van der Waals surface area contributed by atoms with Crippen LogP contribution in [0.4, 0.5) is 0 Å². The number of nitrogens with zero attached hydrogens (tertiary/aromatic N) is 1. The smallest absolute Gasteiger partial charge is 0.0864 e. The van der Waals surface area contributed by atoms with Crippen LogP contribution in [0, 0.1) is 6.92 Å². The zero-order valence-corrected chi connectivity index (χ0v) is 8.49. The first-order valence-corrected chi connectivity index (χ1v) is 4.85. The topological polar surface area (TPSA) is 24.9 Å². The van der Waals surface area contributed by atoms with E-state index in [4.69, 9.17) is 0 Å². The Hall–Kier alpha value is -1.57. The molecular formula is C12H14N2. The second-order valence-electron chi connectivity index (χ2n) is 3.56. The van der Waals surface area contributed by atoms with Gasteiger partial charge in [0.25, 0.3) is 0 Å². The maximum atomic E-state index is 4.47. The number of rotatable bonds is 1. The Kier molecular flexibility index (Phi) is 2.35. The van der Waals surface area contributed by atoms with Crippen LogP contribution in [0.3, 0.4) is 0 Å². The lowest BCUT2D eigenvalue weighted by Gasteiger charge is -2.17. The van der Waals surface area contributed by atoms with Crippen molar-refractivity contribution < 1.29 is 0 Å². The van der Waals surface area contributed by atoms with Gasteiger partial charge in [-0.2, -0.15) is 0 Å². The Labute approximate surface area is 84.4 Å². The van der Waals surface area contributed by atoms with E-state index in [-0.39, 0.29) is 0 Å². The predicted octanol–water partition coefficient (Wildman–Crippen LogP) is 2.28. The van der Waals surface area contributed by atoms with Crippen molar-refractivity contribution in [2.24, 2.45) is 0 Å². The molecule has 1 aliphatic rings. The standard InChI is InChI=1S/C12H14N2/c1-9-5-3-7-11(13-9)12-8-4-6-10(2)14-12/h3-9,13H,1-2H3/t9-/m0/s1. The van der Waals surface area contributed by atoms with Gasteiger partial charge in [0.2, 0.25) is 0 Å². The number of pyridine rings is 1. The molecular weight excluding hydrogens is 172 g/mol. The van der Waals surface area contributed by atoms with E-state index in [1.54, 1.807) is 0 Å². The van der Waals surface area contributed by atoms with Crippen molar-refractivity contribution >= 4 is 5.70 Å². The summed E-state index contributed by atoms with van der Waals surface area (Å²) in [6, 6.07) is 6.45. The lowest BCUT2D eigenvalue weighted by molar-refractivity contribution is 0.774. The largest absolute Gasteiger partial charge is 0.377 e. The molecule has 2 rings (SSSR count). The summed E-state index contributed by atoms with van der Waals surface area (Å²) in [4.78, 5) is 4.47. The van der Waals surface area contributed by atoms with Crippen LogP contribution in [0.15, 0.2) is 36.4 Å². The molecule has 2 heterocycles. The van der Waals surface area contributed by atoms with Gasteiger partial charge in [0.05, 0.1) is 11.4 Å². The molecule has 1 atom stereocenters. The fourth-order valence-electron chi connectivity index (χ4n) is 1.51. The van der Waals surface area contributed by atoms with Crippen LogP contribution in [0.25, 0.3) is 5.70 Å². The summed E-state index contributed by atoms with van der Waals surface area (Å²) in [5.74, 6) is 0. The molecule has 0 aromatic carbocycles. The van der Waals surface area contributed by atoms with E-state index in [1.807, 2.05) is 25.1 Å². The van der Waals surface area contributed by atoms with E-state index in [0.717, 1.165) is 17.1 Å². The highest BCUT2D eigenvalue weighted by Gasteiger charge is 2.07. The minimum absolute atomic E-state index is 0.386. The fourth-order valence-corrected chi connectivity index (χ4v) is 1.51. The van der Waals surface area contributed by atoms with Gasteiger partial charge >= 0.3 is 0 Å². The Balaban J connectivity index is 2.31. The molecule has 72 valence electrons. The monoisotopic (exact) mass is 186 g/mol. The molecule has 1 aliphatic heterocycles. The van der Waals surface area contributed by atoms with E-state index < -0.39 is 0 Å². The molecule has 2 heteroatoms. The fraction of sp³-hybridized carbons (Fsp3) is 0.250. The van der Waals surface area contributed by atoms with Crippen LogP contribution >= 0.6 is 0 Å². The van der Waals surface area contributed by atoms with E-state index in [9.17, 15) is 0 Å². The number of hydrogen-bond acceptors (Lipinski definition) is 2. The molecule has 0 aliphatic carbocycles. The van der Waals surface area contributed by atoms with Crippen molar-refractivity contribution in [2.75, 3.05) is 0 Å². The maximum absolute atomic E-state index is 4.47. The van der Waals surface area contributed by atoms with E-state index >= 15 is 0 Å². The van der Waals surface area contributed by atoms with Gasteiger partial charge in [0, 0.05) is 11.7 Å². The second-order valence-corrected chi connectivity index (χ2v) is 3.56. The van der Waals surface area contributed by atoms with Gasteiger partial charge in [0.1, 0.15) is 0 Å². The highest BCUT2D eigenvalue weighted by atomic mass is 14.9. The van der Waals surface area contributed by atoms with Gasteiger partial charge in [-0.05, 0) is 32.1 Å². The molecule has 0 fully saturated rings. The molecule has 1 N–H and O–H groups in total. The second kappa shape index (κ2) is 3.66. The SMILES string of the molecule is Cc1cccc(C2=CC=C[C@H](C)N2)n1. The quantitative estimate of drug-likeness (QED) is 0.727. The van der Waals surface area contributed by atoms with Crippen LogP contribution in [0.1, 0.15) is 18.3 Å². The number of aromatic nitrogens is 1. The Morgan fingerprint density at radius 2 is 2.21 bits per heavy atom. The third-order valence-electron chi connectivity index (χ3n) is 2.21. The van der Waals surface area contributed by atoms with Crippen molar-refractivity contribution in [3.8, 4) is 0 Å². The van der Waals surface area contributed by atoms with Crippen molar-refractivity contribution in [2.45, 2.75) is 19.9 Å². The summed E-state index contributed by atoms with van der Waals surface area (Å²) in [6.45, 7) is 4.13. The van der Waals surface area contributed by atoms with Crippen molar-refractivity contribution in [1.82, 2.24) is 10.3 Å². The third-order valence-corrected chi connectivity index (χ3v) is 2.21. The molecule has 0 spiro atoms. The normalized spacial score (nSPS) is 20.1. The third kappa shape index (κ3) is 1.84. The average molecular weight is 186 g/mol. The van der Waals surface area contributed by atoms with E-state index in [1.165, 1.54) is 0 Å². The van der Waals surface area contributed by atoms with Crippen molar-refractivity contribution in [3.05, 3.63) is 47.8 Å². The van der Waals surface area contributed by atoms with Gasteiger partial charge in [0.15, 0.2) is 0 Å². The highest BCUT2D eigenvalue weighted by Crippen LogP contribution is 2.13.